The van der Waals surface area contributed by atoms with Crippen molar-refractivity contribution in [2.75, 3.05) is 45.2 Å². The van der Waals surface area contributed by atoms with Crippen LogP contribution in [0.4, 0.5) is 5.69 Å². The summed E-state index contributed by atoms with van der Waals surface area (Å²) in [4.78, 5) is 18.9. The Bertz CT molecular complexity index is 831. The van der Waals surface area contributed by atoms with E-state index < -0.39 is 0 Å². The number of guanidine groups is 1. The van der Waals surface area contributed by atoms with E-state index in [9.17, 15) is 4.79 Å². The van der Waals surface area contributed by atoms with Crippen LogP contribution in [0.2, 0.25) is 0 Å². The zero-order valence-corrected chi connectivity index (χ0v) is 19.8. The van der Waals surface area contributed by atoms with E-state index in [0.29, 0.717) is 30.4 Å². The maximum atomic E-state index is 12.2. The molecule has 7 nitrogen and oxygen atoms in total. The van der Waals surface area contributed by atoms with Crippen molar-refractivity contribution in [1.29, 1.82) is 0 Å². The van der Waals surface area contributed by atoms with Crippen LogP contribution in [-0.4, -0.2) is 58.2 Å². The fraction of sp³-hybridized carbons (Fsp3) is 0.364. The minimum atomic E-state index is -0.122. The Morgan fingerprint density at radius 1 is 1.13 bits per heavy atom. The third-order valence-electron chi connectivity index (χ3n) is 4.91. The fourth-order valence-corrected chi connectivity index (χ4v) is 3.36. The van der Waals surface area contributed by atoms with E-state index in [1.807, 2.05) is 12.1 Å². The van der Waals surface area contributed by atoms with E-state index in [2.05, 4.69) is 50.1 Å². The highest BCUT2D eigenvalue weighted by atomic mass is 127. The van der Waals surface area contributed by atoms with E-state index in [1.165, 1.54) is 5.69 Å². The number of hydrogen-bond acceptors (Lipinski definition) is 4. The maximum absolute atomic E-state index is 12.2. The molecule has 1 saturated heterocycles. The largest absolute Gasteiger partial charge is 0.497 e. The molecular weight excluding hydrogens is 493 g/mol. The van der Waals surface area contributed by atoms with Gasteiger partial charge in [-0.05, 0) is 36.8 Å². The van der Waals surface area contributed by atoms with Gasteiger partial charge in [0, 0.05) is 50.5 Å². The number of para-hydroxylation sites is 1. The Morgan fingerprint density at radius 2 is 1.90 bits per heavy atom. The molecule has 8 heteroatoms. The third kappa shape index (κ3) is 6.79. The smallest absolute Gasteiger partial charge is 0.251 e. The minimum Gasteiger partial charge on any atom is -0.497 e. The van der Waals surface area contributed by atoms with Gasteiger partial charge in [-0.3, -0.25) is 9.79 Å². The number of anilines is 1. The highest BCUT2D eigenvalue weighted by molar-refractivity contribution is 14.0. The summed E-state index contributed by atoms with van der Waals surface area (Å²) in [5.41, 5.74) is 1.83. The lowest BCUT2D eigenvalue weighted by Gasteiger charge is -2.20. The molecule has 30 heavy (non-hydrogen) atoms. The first kappa shape index (κ1) is 23.8. The van der Waals surface area contributed by atoms with Gasteiger partial charge >= 0.3 is 0 Å². The second-order valence-electron chi connectivity index (χ2n) is 6.90. The van der Waals surface area contributed by atoms with Crippen molar-refractivity contribution < 1.29 is 9.53 Å². The summed E-state index contributed by atoms with van der Waals surface area (Å²) in [6.07, 6.45) is 1.06. The number of carbonyl (C=O) groups excluding carboxylic acids is 1. The molecule has 1 unspecified atom stereocenters. The Hall–Kier alpha value is -2.49. The van der Waals surface area contributed by atoms with Crippen molar-refractivity contribution in [2.45, 2.75) is 12.5 Å². The molecule has 1 atom stereocenters. The second kappa shape index (κ2) is 12.3. The molecule has 2 aromatic rings. The van der Waals surface area contributed by atoms with Gasteiger partial charge < -0.3 is 25.6 Å². The number of carbonyl (C=O) groups is 1. The zero-order valence-electron chi connectivity index (χ0n) is 17.4. The van der Waals surface area contributed by atoms with Gasteiger partial charge in [-0.1, -0.05) is 24.3 Å². The van der Waals surface area contributed by atoms with Crippen LogP contribution < -0.4 is 25.6 Å². The highest BCUT2D eigenvalue weighted by Crippen LogP contribution is 2.19. The topological polar surface area (TPSA) is 78.0 Å². The second-order valence-corrected chi connectivity index (χ2v) is 6.90. The molecular formula is C22H30IN5O2. The van der Waals surface area contributed by atoms with E-state index in [-0.39, 0.29) is 29.9 Å². The van der Waals surface area contributed by atoms with Crippen molar-refractivity contribution in [3.8, 4) is 5.75 Å². The molecule has 0 aromatic heterocycles. The molecule has 1 fully saturated rings. The Kier molecular flexibility index (Phi) is 9.72. The monoisotopic (exact) mass is 523 g/mol. The number of ether oxygens (including phenoxy) is 1. The van der Waals surface area contributed by atoms with E-state index in [4.69, 9.17) is 4.74 Å². The molecule has 1 aliphatic heterocycles. The summed E-state index contributed by atoms with van der Waals surface area (Å²) in [5, 5.41) is 9.63. The predicted molar refractivity (Wildman–Crippen MR) is 132 cm³/mol. The quantitative estimate of drug-likeness (QED) is 0.225. The molecule has 0 spiro atoms. The summed E-state index contributed by atoms with van der Waals surface area (Å²) in [6.45, 7) is 3.05. The van der Waals surface area contributed by atoms with E-state index >= 15 is 0 Å². The highest BCUT2D eigenvalue weighted by Gasteiger charge is 2.23. The SMILES string of the molecule is CN=C(NCCNC(=O)c1cccc(OC)c1)NC1CCN(c2ccccc2)C1.I. The number of halogens is 1. The summed E-state index contributed by atoms with van der Waals surface area (Å²) < 4.78 is 5.16. The molecule has 0 aliphatic carbocycles. The number of hydrogen-bond donors (Lipinski definition) is 3. The average Bonchev–Trinajstić information content (AvgIpc) is 3.25. The number of nitrogens with zero attached hydrogens (tertiary/aromatic N) is 2. The van der Waals surface area contributed by atoms with Crippen LogP contribution in [0.15, 0.2) is 59.6 Å². The molecule has 162 valence electrons. The number of benzene rings is 2. The van der Waals surface area contributed by atoms with Gasteiger partial charge in [0.1, 0.15) is 5.75 Å². The first-order chi connectivity index (χ1) is 14.2. The van der Waals surface area contributed by atoms with E-state index in [0.717, 1.165) is 25.5 Å². The van der Waals surface area contributed by atoms with Crippen molar-refractivity contribution >= 4 is 41.5 Å². The molecule has 0 saturated carbocycles. The van der Waals surface area contributed by atoms with Crippen LogP contribution in [0.1, 0.15) is 16.8 Å². The van der Waals surface area contributed by atoms with Gasteiger partial charge in [0.15, 0.2) is 5.96 Å². The summed E-state index contributed by atoms with van der Waals surface area (Å²) in [5.74, 6) is 1.30. The lowest BCUT2D eigenvalue weighted by molar-refractivity contribution is 0.0954. The van der Waals surface area contributed by atoms with Gasteiger partial charge in [-0.15, -0.1) is 24.0 Å². The van der Waals surface area contributed by atoms with Crippen molar-refractivity contribution in [3.05, 3.63) is 60.2 Å². The lowest BCUT2D eigenvalue weighted by atomic mass is 10.2. The average molecular weight is 523 g/mol. The van der Waals surface area contributed by atoms with Crippen LogP contribution in [0.25, 0.3) is 0 Å². The van der Waals surface area contributed by atoms with Gasteiger partial charge in [-0.2, -0.15) is 0 Å². The zero-order chi connectivity index (χ0) is 20.5. The summed E-state index contributed by atoms with van der Waals surface area (Å²) >= 11 is 0. The number of rotatable bonds is 7. The minimum absolute atomic E-state index is 0. The van der Waals surface area contributed by atoms with Crippen LogP contribution in [0, 0.1) is 0 Å². The molecule has 3 N–H and O–H groups in total. The number of nitrogens with one attached hydrogen (secondary N) is 3. The molecule has 0 bridgehead atoms. The third-order valence-corrected chi connectivity index (χ3v) is 4.91. The lowest BCUT2D eigenvalue weighted by Crippen LogP contribution is -2.46. The van der Waals surface area contributed by atoms with Crippen LogP contribution in [-0.2, 0) is 0 Å². The molecule has 2 aromatic carbocycles. The summed E-state index contributed by atoms with van der Waals surface area (Å²) in [7, 11) is 3.34. The molecule has 1 aliphatic rings. The number of aliphatic imine (C=N–C) groups is 1. The maximum Gasteiger partial charge on any atom is 0.251 e. The summed E-state index contributed by atoms with van der Waals surface area (Å²) in [6, 6.07) is 17.9. The van der Waals surface area contributed by atoms with Crippen LogP contribution in [0.5, 0.6) is 5.75 Å². The first-order valence-corrected chi connectivity index (χ1v) is 9.89. The van der Waals surface area contributed by atoms with Crippen LogP contribution >= 0.6 is 24.0 Å². The Labute approximate surface area is 195 Å². The normalized spacial score (nSPS) is 15.9. The molecule has 3 rings (SSSR count). The fourth-order valence-electron chi connectivity index (χ4n) is 3.36. The first-order valence-electron chi connectivity index (χ1n) is 9.89. The molecule has 1 heterocycles. The van der Waals surface area contributed by atoms with Crippen molar-refractivity contribution in [3.63, 3.8) is 0 Å². The van der Waals surface area contributed by atoms with Crippen molar-refractivity contribution in [2.24, 2.45) is 4.99 Å². The van der Waals surface area contributed by atoms with Gasteiger partial charge in [-0.25, -0.2) is 0 Å². The Morgan fingerprint density at radius 3 is 2.63 bits per heavy atom. The van der Waals surface area contributed by atoms with Gasteiger partial charge in [0.05, 0.1) is 7.11 Å². The number of amides is 1. The number of methoxy groups -OCH3 is 1. The van der Waals surface area contributed by atoms with Crippen LogP contribution in [0.3, 0.4) is 0 Å². The predicted octanol–water partition coefficient (Wildman–Crippen LogP) is 2.49. The van der Waals surface area contributed by atoms with Gasteiger partial charge in [0.25, 0.3) is 5.91 Å². The standard InChI is InChI=1S/C22H29N5O2.HI/c1-23-22(26-18-11-14-27(16-18)19-8-4-3-5-9-19)25-13-12-24-21(28)17-7-6-10-20(15-17)29-2;/h3-10,15,18H,11-14,16H2,1-2H3,(H,24,28)(H2,23,25,26);1H. The van der Waals surface area contributed by atoms with Gasteiger partial charge in [0.2, 0.25) is 0 Å². The molecule has 1 amide bonds. The Balaban J connectivity index is 0.00000320. The van der Waals surface area contributed by atoms with E-state index in [1.54, 1.807) is 32.4 Å². The molecule has 0 radical (unpaired) electrons. The van der Waals surface area contributed by atoms with Crippen molar-refractivity contribution in [1.82, 2.24) is 16.0 Å².